The van der Waals surface area contributed by atoms with E-state index in [-0.39, 0.29) is 29.8 Å². The third-order valence-corrected chi connectivity index (χ3v) is 11.4. The zero-order valence-electron chi connectivity index (χ0n) is 31.0. The molecule has 5 heterocycles. The summed E-state index contributed by atoms with van der Waals surface area (Å²) in [5, 5.41) is 10.6. The molecule has 2 aliphatic heterocycles. The van der Waals surface area contributed by atoms with Crippen LogP contribution in [0.2, 0.25) is 0 Å². The number of imidazole rings is 1. The molecule has 2 N–H and O–H groups in total. The topological polar surface area (TPSA) is 149 Å². The maximum Gasteiger partial charge on any atom is 0.433 e. The Bertz CT molecular complexity index is 2390. The summed E-state index contributed by atoms with van der Waals surface area (Å²) in [6.07, 6.45) is 1.76. The SMILES string of the molecule is COc1cc2nn(C3CCC(CN4CCN(c5cccc6c5n(C)c(=O)n6C5CCC(=O)NC5=O)CC4)CC3)cc2cc1NC(=O)c1cccc(C(F)(F)F)n1. The minimum absolute atomic E-state index is 0.194. The lowest BCUT2D eigenvalue weighted by Gasteiger charge is -2.39. The first-order valence-corrected chi connectivity index (χ1v) is 18.8. The molecule has 0 bridgehead atoms. The summed E-state index contributed by atoms with van der Waals surface area (Å²) >= 11 is 0. The van der Waals surface area contributed by atoms with Gasteiger partial charge in [0, 0.05) is 63.8 Å². The molecular formula is C39H42F3N9O5. The fourth-order valence-electron chi connectivity index (χ4n) is 8.46. The van der Waals surface area contributed by atoms with Crippen LogP contribution in [0.5, 0.6) is 5.75 Å². The Kier molecular flexibility index (Phi) is 9.80. The largest absolute Gasteiger partial charge is 0.494 e. The lowest BCUT2D eigenvalue weighted by molar-refractivity contribution is -0.141. The molecule has 17 heteroatoms. The number of halogens is 3. The molecule has 1 saturated carbocycles. The van der Waals surface area contributed by atoms with Crippen molar-refractivity contribution in [1.82, 2.24) is 34.1 Å². The highest BCUT2D eigenvalue weighted by atomic mass is 19.4. The first kappa shape index (κ1) is 37.2. The van der Waals surface area contributed by atoms with E-state index in [1.165, 1.54) is 17.7 Å². The van der Waals surface area contributed by atoms with Gasteiger partial charge in [0.15, 0.2) is 0 Å². The van der Waals surface area contributed by atoms with Gasteiger partial charge in [-0.15, -0.1) is 0 Å². The van der Waals surface area contributed by atoms with Crippen molar-refractivity contribution in [2.75, 3.05) is 50.1 Å². The number of aromatic nitrogens is 5. The number of anilines is 2. The Hall–Kier alpha value is -5.71. The highest BCUT2D eigenvalue weighted by molar-refractivity contribution is 6.05. The molecule has 0 spiro atoms. The molecule has 14 nitrogen and oxygen atoms in total. The Morgan fingerprint density at radius 2 is 1.73 bits per heavy atom. The van der Waals surface area contributed by atoms with Crippen LogP contribution < -0.4 is 26.0 Å². The molecule has 2 saturated heterocycles. The van der Waals surface area contributed by atoms with Crippen molar-refractivity contribution in [1.29, 1.82) is 0 Å². The number of fused-ring (bicyclic) bond motifs is 2. The van der Waals surface area contributed by atoms with Gasteiger partial charge in [-0.3, -0.25) is 38.4 Å². The Balaban J connectivity index is 0.877. The average Bonchev–Trinajstić information content (AvgIpc) is 3.72. The molecule has 3 amide bonds. The number of piperidine rings is 1. The van der Waals surface area contributed by atoms with Gasteiger partial charge < -0.3 is 15.0 Å². The van der Waals surface area contributed by atoms with E-state index in [0.29, 0.717) is 34.8 Å². The maximum absolute atomic E-state index is 13.4. The molecule has 294 valence electrons. The number of methoxy groups -OCH3 is 1. The van der Waals surface area contributed by atoms with Gasteiger partial charge in [-0.2, -0.15) is 18.3 Å². The van der Waals surface area contributed by atoms with E-state index in [0.717, 1.165) is 87.1 Å². The fraction of sp³-hybridized carbons (Fsp3) is 0.436. The van der Waals surface area contributed by atoms with Gasteiger partial charge in [-0.05, 0) is 68.4 Å². The number of aryl methyl sites for hydroxylation is 1. The van der Waals surface area contributed by atoms with Crippen molar-refractivity contribution >= 4 is 51.0 Å². The molecule has 8 rings (SSSR count). The van der Waals surface area contributed by atoms with Gasteiger partial charge in [0.1, 0.15) is 23.2 Å². The number of para-hydroxylation sites is 1. The number of pyridine rings is 1. The number of carbonyl (C=O) groups excluding carboxylic acids is 3. The molecule has 1 atom stereocenters. The van der Waals surface area contributed by atoms with E-state index in [4.69, 9.17) is 9.84 Å². The van der Waals surface area contributed by atoms with Crippen LogP contribution in [0, 0.1) is 5.92 Å². The van der Waals surface area contributed by atoms with Crippen molar-refractivity contribution in [2.45, 2.75) is 56.8 Å². The highest BCUT2D eigenvalue weighted by Gasteiger charge is 2.34. The van der Waals surface area contributed by atoms with Gasteiger partial charge in [0.2, 0.25) is 11.8 Å². The lowest BCUT2D eigenvalue weighted by Crippen LogP contribution is -2.48. The summed E-state index contributed by atoms with van der Waals surface area (Å²) in [5.74, 6) is -0.675. The molecular weight excluding hydrogens is 731 g/mol. The molecule has 3 aromatic heterocycles. The quantitative estimate of drug-likeness (QED) is 0.210. The van der Waals surface area contributed by atoms with Crippen LogP contribution >= 0.6 is 0 Å². The Labute approximate surface area is 319 Å². The molecule has 3 fully saturated rings. The fourth-order valence-corrected chi connectivity index (χ4v) is 8.46. The number of piperazine rings is 1. The zero-order chi connectivity index (χ0) is 39.3. The first-order valence-electron chi connectivity index (χ1n) is 18.8. The minimum atomic E-state index is -4.67. The van der Waals surface area contributed by atoms with Crippen molar-refractivity contribution in [2.24, 2.45) is 13.0 Å². The van der Waals surface area contributed by atoms with Crippen LogP contribution in [0.15, 0.2) is 59.5 Å². The summed E-state index contributed by atoms with van der Waals surface area (Å²) < 4.78 is 50.1. The average molecular weight is 774 g/mol. The van der Waals surface area contributed by atoms with E-state index < -0.39 is 29.7 Å². The second-order valence-electron chi connectivity index (χ2n) is 14.9. The van der Waals surface area contributed by atoms with Gasteiger partial charge in [0.25, 0.3) is 5.91 Å². The number of nitrogens with one attached hydrogen (secondary N) is 2. The summed E-state index contributed by atoms with van der Waals surface area (Å²) in [5.41, 5.74) is 1.63. The highest BCUT2D eigenvalue weighted by Crippen LogP contribution is 2.36. The molecule has 2 aromatic carbocycles. The van der Waals surface area contributed by atoms with Crippen molar-refractivity contribution in [3.8, 4) is 5.75 Å². The van der Waals surface area contributed by atoms with Crippen molar-refractivity contribution in [3.05, 3.63) is 76.6 Å². The standard InChI is InChI=1S/C39H42F3N9O5/c1-47-35-29(6-4-7-30(35)51(38(47)55)31-13-14-34(52)45-37(31)54)49-17-15-48(16-18-49)21-23-9-11-25(12-10-23)50-22-24-19-28(32(56-2)20-27(24)46-50)44-36(53)26-5-3-8-33(43-26)39(40,41)42/h3-8,19-20,22-23,25,31H,9-18,21H2,1-2H3,(H,44,53)(H,45,52,54). The van der Waals surface area contributed by atoms with E-state index >= 15 is 0 Å². The predicted octanol–water partition coefficient (Wildman–Crippen LogP) is 4.90. The third-order valence-electron chi connectivity index (χ3n) is 11.4. The number of hydrogen-bond donors (Lipinski definition) is 2. The number of imide groups is 1. The van der Waals surface area contributed by atoms with Crippen molar-refractivity contribution < 1.29 is 32.3 Å². The number of carbonyl (C=O) groups is 3. The second-order valence-corrected chi connectivity index (χ2v) is 14.9. The van der Waals surface area contributed by atoms with Crippen LogP contribution in [-0.2, 0) is 22.8 Å². The van der Waals surface area contributed by atoms with Crippen molar-refractivity contribution in [3.63, 3.8) is 0 Å². The number of amides is 3. The monoisotopic (exact) mass is 773 g/mol. The van der Waals surface area contributed by atoms with Crippen LogP contribution in [0.3, 0.4) is 0 Å². The number of hydrogen-bond acceptors (Lipinski definition) is 9. The maximum atomic E-state index is 13.4. The Morgan fingerprint density at radius 1 is 0.982 bits per heavy atom. The van der Waals surface area contributed by atoms with Crippen LogP contribution in [0.1, 0.15) is 66.8 Å². The number of benzene rings is 2. The number of nitrogens with zero attached hydrogens (tertiary/aromatic N) is 7. The normalized spacial score (nSPS) is 21.1. The van der Waals surface area contributed by atoms with Crippen LogP contribution in [0.4, 0.5) is 24.5 Å². The van der Waals surface area contributed by atoms with Gasteiger partial charge in [0.05, 0.1) is 41.1 Å². The summed E-state index contributed by atoms with van der Waals surface area (Å²) in [7, 11) is 3.18. The van der Waals surface area contributed by atoms with Crippen LogP contribution in [0.25, 0.3) is 21.9 Å². The molecule has 3 aliphatic rings. The summed E-state index contributed by atoms with van der Waals surface area (Å²) in [6, 6.07) is 11.9. The lowest BCUT2D eigenvalue weighted by atomic mass is 9.85. The minimum Gasteiger partial charge on any atom is -0.494 e. The molecule has 5 aromatic rings. The van der Waals surface area contributed by atoms with Gasteiger partial charge in [-0.25, -0.2) is 9.78 Å². The van der Waals surface area contributed by atoms with E-state index in [9.17, 15) is 32.3 Å². The molecule has 0 radical (unpaired) electrons. The van der Waals surface area contributed by atoms with E-state index in [1.54, 1.807) is 23.7 Å². The summed E-state index contributed by atoms with van der Waals surface area (Å²) in [4.78, 5) is 59.1. The third kappa shape index (κ3) is 7.10. The zero-order valence-corrected chi connectivity index (χ0v) is 31.0. The number of alkyl halides is 3. The van der Waals surface area contributed by atoms with Gasteiger partial charge in [-0.1, -0.05) is 12.1 Å². The second kappa shape index (κ2) is 14.7. The van der Waals surface area contributed by atoms with Gasteiger partial charge >= 0.3 is 11.9 Å². The summed E-state index contributed by atoms with van der Waals surface area (Å²) in [6.45, 7) is 4.36. The smallest absolute Gasteiger partial charge is 0.433 e. The van der Waals surface area contributed by atoms with E-state index in [1.807, 2.05) is 29.1 Å². The number of ether oxygens (including phenoxy) is 1. The molecule has 1 aliphatic carbocycles. The van der Waals surface area contributed by atoms with Crippen LogP contribution in [-0.4, -0.2) is 86.4 Å². The van der Waals surface area contributed by atoms with E-state index in [2.05, 4.69) is 25.4 Å². The number of rotatable bonds is 8. The molecule has 56 heavy (non-hydrogen) atoms. The first-order chi connectivity index (χ1) is 26.9. The Morgan fingerprint density at radius 3 is 2.45 bits per heavy atom. The predicted molar refractivity (Wildman–Crippen MR) is 202 cm³/mol. The molecule has 1 unspecified atom stereocenters.